The predicted octanol–water partition coefficient (Wildman–Crippen LogP) is 2.81. The molecule has 0 aromatic carbocycles. The van der Waals surface area contributed by atoms with E-state index in [1.165, 1.54) is 6.92 Å². The first kappa shape index (κ1) is 21.4. The molecule has 4 rings (SSSR count). The summed E-state index contributed by atoms with van der Waals surface area (Å²) in [5, 5.41) is 11.5. The Hall–Kier alpha value is -1.82. The van der Waals surface area contributed by atoms with Gasteiger partial charge in [0, 0.05) is 30.6 Å². The molecule has 0 aromatic heterocycles. The number of rotatable bonds is 3. The van der Waals surface area contributed by atoms with Gasteiger partial charge in [0.2, 0.25) is 5.78 Å². The van der Waals surface area contributed by atoms with E-state index in [0.717, 1.165) is 18.4 Å². The van der Waals surface area contributed by atoms with E-state index < -0.39 is 29.4 Å². The van der Waals surface area contributed by atoms with Crippen molar-refractivity contribution in [3.63, 3.8) is 0 Å². The highest BCUT2D eigenvalue weighted by atomic mass is 16.5. The Kier molecular flexibility index (Phi) is 4.88. The first-order valence-electron chi connectivity index (χ1n) is 11.1. The third-order valence-corrected chi connectivity index (χ3v) is 8.98. The number of ether oxygens (including phenoxy) is 1. The van der Waals surface area contributed by atoms with Gasteiger partial charge >= 0.3 is 5.97 Å². The zero-order valence-electron chi connectivity index (χ0n) is 18.3. The Balaban J connectivity index is 1.67. The number of carbonyl (C=O) groups is 4. The highest BCUT2D eigenvalue weighted by molar-refractivity contribution is 5.95. The highest BCUT2D eigenvalue weighted by Crippen LogP contribution is 2.66. The number of hydrogen-bond donors (Lipinski definition) is 1. The number of carbonyl (C=O) groups excluding carboxylic acids is 4. The maximum absolute atomic E-state index is 13.6. The number of Topliss-reactive ketones (excluding diaryl/α,β-unsaturated/α-hetero) is 2. The molecule has 1 N–H and O–H groups in total. The molecular weight excluding hydrogens is 384 g/mol. The fourth-order valence-electron chi connectivity index (χ4n) is 7.48. The lowest BCUT2D eigenvalue weighted by Crippen LogP contribution is -2.61. The lowest BCUT2D eigenvalue weighted by atomic mass is 9.45. The minimum atomic E-state index is -1.65. The highest BCUT2D eigenvalue weighted by Gasteiger charge is 2.68. The molecule has 0 amide bonds. The quantitative estimate of drug-likeness (QED) is 0.711. The van der Waals surface area contributed by atoms with Crippen molar-refractivity contribution >= 4 is 23.3 Å². The van der Waals surface area contributed by atoms with Crippen LogP contribution in [0.1, 0.15) is 66.2 Å². The summed E-state index contributed by atoms with van der Waals surface area (Å²) < 4.78 is 4.88. The van der Waals surface area contributed by atoms with E-state index >= 15 is 0 Å². The Morgan fingerprint density at radius 3 is 2.60 bits per heavy atom. The van der Waals surface area contributed by atoms with Crippen molar-refractivity contribution in [2.24, 2.45) is 34.5 Å². The lowest BCUT2D eigenvalue weighted by molar-refractivity contribution is -0.173. The molecule has 0 heterocycles. The lowest BCUT2D eigenvalue weighted by Gasteiger charge is -2.58. The molecule has 0 bridgehead atoms. The fourth-order valence-corrected chi connectivity index (χ4v) is 7.48. The molecule has 4 aliphatic rings. The van der Waals surface area contributed by atoms with Gasteiger partial charge in [-0.2, -0.15) is 0 Å². The first-order valence-corrected chi connectivity index (χ1v) is 11.1. The van der Waals surface area contributed by atoms with Crippen molar-refractivity contribution in [2.75, 3.05) is 6.61 Å². The van der Waals surface area contributed by atoms with Crippen LogP contribution in [-0.2, 0) is 23.9 Å². The molecule has 6 nitrogen and oxygen atoms in total. The maximum atomic E-state index is 13.6. The van der Waals surface area contributed by atoms with Crippen molar-refractivity contribution in [3.05, 3.63) is 11.6 Å². The summed E-state index contributed by atoms with van der Waals surface area (Å²) in [4.78, 5) is 49.9. The summed E-state index contributed by atoms with van der Waals surface area (Å²) in [6.45, 7) is 6.71. The Morgan fingerprint density at radius 1 is 1.23 bits per heavy atom. The van der Waals surface area contributed by atoms with Gasteiger partial charge in [-0.1, -0.05) is 26.3 Å². The van der Waals surface area contributed by atoms with Crippen molar-refractivity contribution in [1.82, 2.24) is 0 Å². The summed E-state index contributed by atoms with van der Waals surface area (Å²) in [5.74, 6) is -0.941. The first-order chi connectivity index (χ1) is 13.9. The second kappa shape index (κ2) is 6.84. The van der Waals surface area contributed by atoms with Gasteiger partial charge in [0.25, 0.3) is 0 Å². The number of hydrogen-bond acceptors (Lipinski definition) is 6. The molecule has 0 aromatic rings. The van der Waals surface area contributed by atoms with Crippen molar-refractivity contribution in [2.45, 2.75) is 71.8 Å². The molecule has 4 aliphatic carbocycles. The van der Waals surface area contributed by atoms with Gasteiger partial charge in [0.05, 0.1) is 0 Å². The van der Waals surface area contributed by atoms with E-state index in [2.05, 4.69) is 6.92 Å². The van der Waals surface area contributed by atoms with Gasteiger partial charge in [0.15, 0.2) is 12.4 Å². The SMILES string of the molecule is CC(=O)OCC(=O)[C@]1(O)CC[C@H]2[C@@H]3CCC4=CC(=O)[C@H](C)C[C@]4(C)[C@H]3C(=O)C[C@@]21C. The zero-order chi connectivity index (χ0) is 22.1. The van der Waals surface area contributed by atoms with Crippen LogP contribution in [0.2, 0.25) is 0 Å². The average Bonchev–Trinajstić information content (AvgIpc) is 2.92. The van der Waals surface area contributed by atoms with Crippen LogP contribution in [0, 0.1) is 34.5 Å². The molecule has 6 heteroatoms. The van der Waals surface area contributed by atoms with Crippen LogP contribution in [0.25, 0.3) is 0 Å². The van der Waals surface area contributed by atoms with Crippen LogP contribution >= 0.6 is 0 Å². The summed E-state index contributed by atoms with van der Waals surface area (Å²) in [6.07, 6.45) is 5.16. The van der Waals surface area contributed by atoms with Gasteiger partial charge in [-0.15, -0.1) is 0 Å². The second-order valence-electron chi connectivity index (χ2n) is 10.5. The molecule has 3 saturated carbocycles. The topological polar surface area (TPSA) is 97.7 Å². The molecule has 30 heavy (non-hydrogen) atoms. The van der Waals surface area contributed by atoms with E-state index in [9.17, 15) is 24.3 Å². The molecular formula is C24H32O6. The van der Waals surface area contributed by atoms with E-state index in [0.29, 0.717) is 19.3 Å². The number of esters is 1. The fraction of sp³-hybridized carbons (Fsp3) is 0.750. The van der Waals surface area contributed by atoms with Crippen molar-refractivity contribution in [3.8, 4) is 0 Å². The predicted molar refractivity (Wildman–Crippen MR) is 108 cm³/mol. The van der Waals surface area contributed by atoms with Gasteiger partial charge in [-0.25, -0.2) is 0 Å². The van der Waals surface area contributed by atoms with Crippen molar-refractivity contribution < 1.29 is 29.0 Å². The number of allylic oxidation sites excluding steroid dienone is 1. The number of fused-ring (bicyclic) bond motifs is 5. The third-order valence-electron chi connectivity index (χ3n) is 8.98. The summed E-state index contributed by atoms with van der Waals surface area (Å²) in [5.41, 5.74) is -1.73. The molecule has 0 radical (unpaired) electrons. The summed E-state index contributed by atoms with van der Waals surface area (Å²) >= 11 is 0. The summed E-state index contributed by atoms with van der Waals surface area (Å²) in [7, 11) is 0. The van der Waals surface area contributed by atoms with Crippen LogP contribution < -0.4 is 0 Å². The monoisotopic (exact) mass is 416 g/mol. The molecule has 7 atom stereocenters. The molecule has 3 fully saturated rings. The molecule has 0 saturated heterocycles. The smallest absolute Gasteiger partial charge is 0.303 e. The Bertz CT molecular complexity index is 858. The molecule has 0 spiro atoms. The Labute approximate surface area is 177 Å². The zero-order valence-corrected chi connectivity index (χ0v) is 18.3. The standard InChI is InChI=1S/C24H32O6/c1-13-10-22(3)15(9-18(13)26)5-6-16-17-7-8-24(29,20(28)12-30-14(2)25)23(17,4)11-19(27)21(16)22/h9,13,16-17,21,29H,5-8,10-12H2,1-4H3/t13-,16+,17+,21-,22+,23+,24-/m1/s1. The van der Waals surface area contributed by atoms with E-state index in [-0.39, 0.29) is 47.1 Å². The van der Waals surface area contributed by atoms with Crippen LogP contribution in [0.5, 0.6) is 0 Å². The Morgan fingerprint density at radius 2 is 1.93 bits per heavy atom. The van der Waals surface area contributed by atoms with E-state index in [1.54, 1.807) is 6.08 Å². The van der Waals surface area contributed by atoms with Gasteiger partial charge in [-0.3, -0.25) is 19.2 Å². The van der Waals surface area contributed by atoms with Gasteiger partial charge in [-0.05, 0) is 55.4 Å². The molecule has 164 valence electrons. The minimum Gasteiger partial charge on any atom is -0.458 e. The number of ketones is 3. The minimum absolute atomic E-state index is 0.0535. The third kappa shape index (κ3) is 2.79. The average molecular weight is 417 g/mol. The van der Waals surface area contributed by atoms with Crippen LogP contribution in [0.3, 0.4) is 0 Å². The van der Waals surface area contributed by atoms with Crippen molar-refractivity contribution in [1.29, 1.82) is 0 Å². The molecule has 0 unspecified atom stereocenters. The van der Waals surface area contributed by atoms with E-state index in [1.807, 2.05) is 13.8 Å². The van der Waals surface area contributed by atoms with E-state index in [4.69, 9.17) is 4.74 Å². The van der Waals surface area contributed by atoms with Gasteiger partial charge in [0.1, 0.15) is 11.4 Å². The largest absolute Gasteiger partial charge is 0.458 e. The van der Waals surface area contributed by atoms with Crippen LogP contribution in [-0.4, -0.2) is 40.6 Å². The summed E-state index contributed by atoms with van der Waals surface area (Å²) in [6, 6.07) is 0. The molecule has 0 aliphatic heterocycles. The number of aliphatic hydroxyl groups is 1. The maximum Gasteiger partial charge on any atom is 0.303 e. The van der Waals surface area contributed by atoms with Crippen LogP contribution in [0.15, 0.2) is 11.6 Å². The second-order valence-corrected chi connectivity index (χ2v) is 10.5. The normalized spacial score (nSPS) is 45.2. The van der Waals surface area contributed by atoms with Crippen LogP contribution in [0.4, 0.5) is 0 Å². The van der Waals surface area contributed by atoms with Gasteiger partial charge < -0.3 is 9.84 Å².